The van der Waals surface area contributed by atoms with Gasteiger partial charge in [-0.1, -0.05) is 85.6 Å². The number of carbonyl (C=O) groups is 1. The van der Waals surface area contributed by atoms with Crippen molar-refractivity contribution in [3.05, 3.63) is 63.5 Å². The van der Waals surface area contributed by atoms with Crippen molar-refractivity contribution < 1.29 is 19.4 Å². The van der Waals surface area contributed by atoms with Crippen LogP contribution in [0.15, 0.2) is 24.3 Å². The van der Waals surface area contributed by atoms with Crippen LogP contribution in [0.5, 0.6) is 0 Å². The quantitative estimate of drug-likeness (QED) is 0.439. The number of hydrogen-bond donors (Lipinski definition) is 1. The zero-order valence-electron chi connectivity index (χ0n) is 23.8. The largest absolute Gasteiger partial charge is 0.455 e. The van der Waals surface area contributed by atoms with Crippen molar-refractivity contribution in [2.24, 2.45) is 5.41 Å². The number of nitrogens with zero attached hydrogens (tertiary/aromatic N) is 1. The SMILES string of the molecule is CC(=O)O[C@H]1c2nc(C(C)C)c3c(c2C(O)CC1(C)C)C1(CCCC1)O[C@@H]3c1ccc(C(C)(C)C)cc1. The van der Waals surface area contributed by atoms with Crippen molar-refractivity contribution in [1.82, 2.24) is 4.98 Å². The second-order valence-corrected chi connectivity index (χ2v) is 13.5. The molecule has 3 aliphatic rings. The van der Waals surface area contributed by atoms with Gasteiger partial charge in [-0.15, -0.1) is 0 Å². The van der Waals surface area contributed by atoms with Crippen molar-refractivity contribution in [2.75, 3.05) is 0 Å². The van der Waals surface area contributed by atoms with Crippen molar-refractivity contribution in [3.8, 4) is 0 Å². The van der Waals surface area contributed by atoms with Crippen LogP contribution in [-0.2, 0) is 25.3 Å². The van der Waals surface area contributed by atoms with Gasteiger partial charge in [0.2, 0.25) is 0 Å². The summed E-state index contributed by atoms with van der Waals surface area (Å²) in [7, 11) is 0. The molecule has 5 rings (SSSR count). The van der Waals surface area contributed by atoms with Gasteiger partial charge in [0.25, 0.3) is 0 Å². The second kappa shape index (κ2) is 8.91. The number of esters is 1. The standard InChI is InChI=1S/C32H43NO4/c1-18(2)26-24-25(23-22(35)17-31(7,8)29(27(23)33-26)36-19(3)34)32(15-9-10-16-32)37-28(24)20-11-13-21(14-12-20)30(4,5)6/h11-14,18,22,28-29,35H,9-10,15-17H2,1-8H3/t22?,28-,29+/m1/s1. The van der Waals surface area contributed by atoms with E-state index in [1.807, 2.05) is 0 Å². The molecule has 1 spiro atoms. The molecule has 5 heteroatoms. The Morgan fingerprint density at radius 2 is 1.73 bits per heavy atom. The number of aromatic nitrogens is 1. The van der Waals surface area contributed by atoms with Crippen molar-refractivity contribution in [1.29, 1.82) is 0 Å². The Bertz CT molecular complexity index is 1200. The molecule has 37 heavy (non-hydrogen) atoms. The Labute approximate surface area is 222 Å². The fourth-order valence-electron chi connectivity index (χ4n) is 6.89. The van der Waals surface area contributed by atoms with Gasteiger partial charge in [0.05, 0.1) is 17.4 Å². The normalized spacial score (nSPS) is 25.8. The molecule has 3 atom stereocenters. The topological polar surface area (TPSA) is 68.7 Å². The summed E-state index contributed by atoms with van der Waals surface area (Å²) in [5.74, 6) is -0.173. The summed E-state index contributed by atoms with van der Waals surface area (Å²) in [6.45, 7) is 16.6. The number of fused-ring (bicyclic) bond motifs is 4. The Morgan fingerprint density at radius 1 is 1.11 bits per heavy atom. The minimum absolute atomic E-state index is 0.0754. The Hall–Kier alpha value is -2.24. The van der Waals surface area contributed by atoms with Gasteiger partial charge < -0.3 is 14.6 Å². The molecule has 2 aromatic rings. The third-order valence-corrected chi connectivity index (χ3v) is 8.72. The summed E-state index contributed by atoms with van der Waals surface area (Å²) in [5, 5.41) is 11.6. The van der Waals surface area contributed by atoms with Crippen LogP contribution in [-0.4, -0.2) is 16.1 Å². The lowest BCUT2D eigenvalue weighted by molar-refractivity contribution is -0.156. The average Bonchev–Trinajstić information content (AvgIpc) is 3.40. The highest BCUT2D eigenvalue weighted by Crippen LogP contribution is 2.61. The molecule has 0 radical (unpaired) electrons. The second-order valence-electron chi connectivity index (χ2n) is 13.5. The van der Waals surface area contributed by atoms with E-state index in [0.29, 0.717) is 6.42 Å². The summed E-state index contributed by atoms with van der Waals surface area (Å²) in [5.41, 5.74) is 6.43. The molecular formula is C32H43NO4. The van der Waals surface area contributed by atoms with E-state index < -0.39 is 23.2 Å². The highest BCUT2D eigenvalue weighted by Gasteiger charge is 2.54. The van der Waals surface area contributed by atoms with E-state index in [2.05, 4.69) is 72.7 Å². The molecule has 200 valence electrons. The number of aliphatic hydroxyl groups is 1. The molecule has 1 N–H and O–H groups in total. The lowest BCUT2D eigenvalue weighted by atomic mass is 9.68. The zero-order chi connectivity index (χ0) is 26.9. The zero-order valence-corrected chi connectivity index (χ0v) is 23.8. The molecule has 1 aromatic carbocycles. The van der Waals surface area contributed by atoms with Crippen LogP contribution in [0.2, 0.25) is 0 Å². The minimum atomic E-state index is -0.678. The van der Waals surface area contributed by atoms with E-state index in [4.69, 9.17) is 14.5 Å². The summed E-state index contributed by atoms with van der Waals surface area (Å²) in [4.78, 5) is 17.4. The number of carbonyl (C=O) groups excluding carboxylic acids is 1. The van der Waals surface area contributed by atoms with E-state index in [1.165, 1.54) is 12.5 Å². The third kappa shape index (κ3) is 4.32. The van der Waals surface area contributed by atoms with E-state index in [0.717, 1.165) is 59.3 Å². The van der Waals surface area contributed by atoms with E-state index in [9.17, 15) is 9.90 Å². The van der Waals surface area contributed by atoms with E-state index >= 15 is 0 Å². The van der Waals surface area contributed by atoms with Crippen LogP contribution in [0.3, 0.4) is 0 Å². The Kier molecular flexibility index (Phi) is 6.35. The van der Waals surface area contributed by atoms with Gasteiger partial charge >= 0.3 is 5.97 Å². The van der Waals surface area contributed by atoms with Crippen molar-refractivity contribution in [2.45, 2.75) is 123 Å². The highest BCUT2D eigenvalue weighted by molar-refractivity contribution is 5.67. The maximum atomic E-state index is 12.2. The molecule has 1 aliphatic heterocycles. The first-order valence-corrected chi connectivity index (χ1v) is 14.0. The lowest BCUT2D eigenvalue weighted by Crippen LogP contribution is -2.37. The molecular weight excluding hydrogens is 462 g/mol. The number of rotatable bonds is 3. The fraction of sp³-hybridized carbons (Fsp3) is 0.625. The van der Waals surface area contributed by atoms with Gasteiger partial charge in [-0.2, -0.15) is 0 Å². The van der Waals surface area contributed by atoms with Crippen LogP contribution >= 0.6 is 0 Å². The Balaban J connectivity index is 1.77. The van der Waals surface area contributed by atoms with Gasteiger partial charge in [0.1, 0.15) is 12.2 Å². The van der Waals surface area contributed by atoms with Crippen LogP contribution in [0.25, 0.3) is 0 Å². The third-order valence-electron chi connectivity index (χ3n) is 8.72. The van der Waals surface area contributed by atoms with Gasteiger partial charge in [-0.3, -0.25) is 9.78 Å². The minimum Gasteiger partial charge on any atom is -0.455 e. The molecule has 0 bridgehead atoms. The monoisotopic (exact) mass is 505 g/mol. The first-order chi connectivity index (χ1) is 17.2. The number of aliphatic hydroxyl groups excluding tert-OH is 1. The molecule has 1 fully saturated rings. The first kappa shape index (κ1) is 26.4. The predicted octanol–water partition coefficient (Wildman–Crippen LogP) is 7.46. The molecule has 1 aromatic heterocycles. The van der Waals surface area contributed by atoms with Gasteiger partial charge in [0, 0.05) is 29.2 Å². The number of pyridine rings is 1. The van der Waals surface area contributed by atoms with Crippen LogP contribution in [0.1, 0.15) is 151 Å². The van der Waals surface area contributed by atoms with Crippen molar-refractivity contribution in [3.63, 3.8) is 0 Å². The lowest BCUT2D eigenvalue weighted by Gasteiger charge is -2.42. The summed E-state index contributed by atoms with van der Waals surface area (Å²) in [6, 6.07) is 8.83. The van der Waals surface area contributed by atoms with E-state index in [1.54, 1.807) is 0 Å². The van der Waals surface area contributed by atoms with Crippen molar-refractivity contribution >= 4 is 5.97 Å². The average molecular weight is 506 g/mol. The van der Waals surface area contributed by atoms with Crippen LogP contribution in [0, 0.1) is 5.41 Å². The van der Waals surface area contributed by atoms with Gasteiger partial charge in [-0.05, 0) is 47.3 Å². The number of hydrogen-bond acceptors (Lipinski definition) is 5. The molecule has 1 saturated carbocycles. The smallest absolute Gasteiger partial charge is 0.303 e. The molecule has 2 heterocycles. The molecule has 2 aliphatic carbocycles. The first-order valence-electron chi connectivity index (χ1n) is 14.0. The van der Waals surface area contributed by atoms with Crippen LogP contribution in [0.4, 0.5) is 0 Å². The molecule has 0 saturated heterocycles. The number of ether oxygens (including phenoxy) is 2. The van der Waals surface area contributed by atoms with Gasteiger partial charge in [-0.25, -0.2) is 0 Å². The maximum absolute atomic E-state index is 12.2. The summed E-state index contributed by atoms with van der Waals surface area (Å²) in [6.07, 6.45) is 3.14. The molecule has 1 unspecified atom stereocenters. The Morgan fingerprint density at radius 3 is 2.27 bits per heavy atom. The maximum Gasteiger partial charge on any atom is 0.303 e. The number of benzene rings is 1. The highest BCUT2D eigenvalue weighted by atomic mass is 16.5. The van der Waals surface area contributed by atoms with E-state index in [-0.39, 0.29) is 23.4 Å². The molecule has 5 nitrogen and oxygen atoms in total. The van der Waals surface area contributed by atoms with Gasteiger partial charge in [0.15, 0.2) is 0 Å². The molecule has 0 amide bonds. The predicted molar refractivity (Wildman–Crippen MR) is 144 cm³/mol. The van der Waals surface area contributed by atoms with Crippen LogP contribution < -0.4 is 0 Å². The summed E-state index contributed by atoms with van der Waals surface area (Å²) >= 11 is 0. The summed E-state index contributed by atoms with van der Waals surface area (Å²) < 4.78 is 13.0. The fourth-order valence-corrected chi connectivity index (χ4v) is 6.89.